The van der Waals surface area contributed by atoms with E-state index in [1.807, 2.05) is 74.5 Å². The quantitative estimate of drug-likeness (QED) is 0.233. The Balaban J connectivity index is 1.78. The minimum absolute atomic E-state index is 0.0714. The van der Waals surface area contributed by atoms with E-state index >= 15 is 0 Å². The topological polar surface area (TPSA) is 110 Å². The van der Waals surface area contributed by atoms with Gasteiger partial charge in [0.15, 0.2) is 0 Å². The first-order valence-electron chi connectivity index (χ1n) is 13.9. The van der Waals surface area contributed by atoms with E-state index in [1.165, 1.54) is 12.1 Å². The number of carboxylic acids is 1. The van der Waals surface area contributed by atoms with Crippen molar-refractivity contribution in [1.82, 2.24) is 4.90 Å². The second-order valence-corrected chi connectivity index (χ2v) is 10.8. The van der Waals surface area contributed by atoms with E-state index in [1.54, 1.807) is 12.1 Å². The molecule has 0 bridgehead atoms. The Hall–Kier alpha value is -4.01. The van der Waals surface area contributed by atoms with Crippen molar-refractivity contribution in [2.24, 2.45) is 5.92 Å². The Morgan fingerprint density at radius 1 is 0.878 bits per heavy atom. The fourth-order valence-electron chi connectivity index (χ4n) is 5.73. The maximum Gasteiger partial charge on any atom is 0.305 e. The van der Waals surface area contributed by atoms with Crippen LogP contribution >= 0.6 is 0 Å². The normalized spacial score (nSPS) is 18.4. The van der Waals surface area contributed by atoms with Crippen LogP contribution in [-0.2, 0) is 9.59 Å². The van der Waals surface area contributed by atoms with Crippen LogP contribution < -0.4 is 5.32 Å². The third kappa shape index (κ3) is 7.39. The second kappa shape index (κ2) is 13.6. The smallest absolute Gasteiger partial charge is 0.305 e. The third-order valence-corrected chi connectivity index (χ3v) is 7.40. The maximum absolute atomic E-state index is 14.1. The molecule has 2 unspecified atom stereocenters. The summed E-state index contributed by atoms with van der Waals surface area (Å²) < 4.78 is 14.0. The summed E-state index contributed by atoms with van der Waals surface area (Å²) in [6, 6.07) is 24.9. The molecule has 4 rings (SSSR count). The molecular weight excluding hydrogens is 523 g/mol. The molecule has 3 aromatic carbocycles. The number of para-hydroxylation sites is 1. The molecule has 0 spiro atoms. The van der Waals surface area contributed by atoms with Gasteiger partial charge in [-0.3, -0.25) is 9.59 Å². The summed E-state index contributed by atoms with van der Waals surface area (Å²) in [5, 5.41) is 32.8. The Morgan fingerprint density at radius 2 is 1.49 bits per heavy atom. The highest BCUT2D eigenvalue weighted by Crippen LogP contribution is 2.51. The number of carbonyl (C=O) groups is 2. The van der Waals surface area contributed by atoms with Gasteiger partial charge in [-0.05, 0) is 54.2 Å². The van der Waals surface area contributed by atoms with E-state index in [2.05, 4.69) is 10.2 Å². The van der Waals surface area contributed by atoms with Gasteiger partial charge in [0, 0.05) is 29.4 Å². The molecule has 41 heavy (non-hydrogen) atoms. The van der Waals surface area contributed by atoms with Gasteiger partial charge in [0.25, 0.3) is 5.91 Å². The van der Waals surface area contributed by atoms with E-state index in [0.717, 1.165) is 16.8 Å². The number of aliphatic hydroxyl groups excluding tert-OH is 2. The summed E-state index contributed by atoms with van der Waals surface area (Å²) in [6.07, 6.45) is -2.41. The van der Waals surface area contributed by atoms with Crippen LogP contribution in [0.5, 0.6) is 0 Å². The summed E-state index contributed by atoms with van der Waals surface area (Å²) in [7, 11) is 0. The number of anilines is 1. The number of carboxylic acid groups (broad SMARTS) is 1. The van der Waals surface area contributed by atoms with Crippen LogP contribution in [0, 0.1) is 11.7 Å². The molecule has 1 aliphatic rings. The van der Waals surface area contributed by atoms with Gasteiger partial charge in [0.05, 0.1) is 24.7 Å². The number of carbonyl (C=O) groups excluding carboxylic acids is 1. The predicted octanol–water partition coefficient (Wildman–Crippen LogP) is 5.49. The highest BCUT2D eigenvalue weighted by atomic mass is 19.1. The molecule has 1 aliphatic heterocycles. The number of nitrogens with one attached hydrogen (secondary N) is 1. The predicted molar refractivity (Wildman–Crippen MR) is 155 cm³/mol. The molecule has 1 heterocycles. The van der Waals surface area contributed by atoms with Crippen LogP contribution in [-0.4, -0.2) is 50.8 Å². The van der Waals surface area contributed by atoms with Crippen LogP contribution in [0.25, 0.3) is 0 Å². The Kier molecular flexibility index (Phi) is 9.91. The largest absolute Gasteiger partial charge is 0.481 e. The lowest BCUT2D eigenvalue weighted by Crippen LogP contribution is -2.32. The van der Waals surface area contributed by atoms with Gasteiger partial charge < -0.3 is 25.5 Å². The van der Waals surface area contributed by atoms with E-state index in [-0.39, 0.29) is 36.5 Å². The lowest BCUT2D eigenvalue weighted by molar-refractivity contribution is -0.139. The summed E-state index contributed by atoms with van der Waals surface area (Å²) in [5.41, 5.74) is 3.84. The molecule has 1 amide bonds. The van der Waals surface area contributed by atoms with Crippen LogP contribution in [0.4, 0.5) is 10.1 Å². The SMILES string of the molecule is CC(C)C1=C(C(=O)Nc2ccccc2)C(c2ccccc2)C(c2ccc(F)cc2)N1CC[C@@H](O)C[C@@H](O)CC(=O)O. The van der Waals surface area contributed by atoms with Gasteiger partial charge in [0.1, 0.15) is 5.82 Å². The Morgan fingerprint density at radius 3 is 2.07 bits per heavy atom. The molecule has 0 radical (unpaired) electrons. The van der Waals surface area contributed by atoms with Gasteiger partial charge in [-0.25, -0.2) is 4.39 Å². The lowest BCUT2D eigenvalue weighted by Gasteiger charge is -2.35. The summed E-state index contributed by atoms with van der Waals surface area (Å²) >= 11 is 0. The summed E-state index contributed by atoms with van der Waals surface area (Å²) in [4.78, 5) is 27.2. The fourth-order valence-corrected chi connectivity index (χ4v) is 5.73. The number of halogens is 1. The number of hydrogen-bond acceptors (Lipinski definition) is 5. The first-order valence-corrected chi connectivity index (χ1v) is 13.9. The monoisotopic (exact) mass is 560 g/mol. The van der Waals surface area contributed by atoms with E-state index in [4.69, 9.17) is 5.11 Å². The molecule has 4 N–H and O–H groups in total. The van der Waals surface area contributed by atoms with Gasteiger partial charge in [-0.15, -0.1) is 0 Å². The number of allylic oxidation sites excluding steroid dienone is 1. The first kappa shape index (κ1) is 30.0. The Bertz CT molecular complexity index is 1350. The van der Waals surface area contributed by atoms with Crippen molar-refractivity contribution >= 4 is 17.6 Å². The minimum atomic E-state index is -1.17. The van der Waals surface area contributed by atoms with Crippen molar-refractivity contribution in [2.75, 3.05) is 11.9 Å². The van der Waals surface area contributed by atoms with Crippen LogP contribution in [0.15, 0.2) is 96.2 Å². The number of aliphatic hydroxyl groups is 2. The van der Waals surface area contributed by atoms with Crippen molar-refractivity contribution in [3.8, 4) is 0 Å². The maximum atomic E-state index is 14.1. The molecule has 3 aromatic rings. The van der Waals surface area contributed by atoms with E-state index in [9.17, 15) is 24.2 Å². The van der Waals surface area contributed by atoms with Crippen LogP contribution in [0.1, 0.15) is 56.2 Å². The number of hydrogen-bond donors (Lipinski definition) is 4. The van der Waals surface area contributed by atoms with Gasteiger partial charge in [0.2, 0.25) is 0 Å². The third-order valence-electron chi connectivity index (χ3n) is 7.40. The standard InChI is InChI=1S/C33H37FN2O5/c1-21(2)31-30(33(41)35-25-11-7-4-8-12-25)29(22-9-5-3-6-10-22)32(23-13-15-24(34)16-14-23)36(31)18-17-26(37)19-27(38)20-28(39)40/h3-16,21,26-27,29,32,37-38H,17-20H2,1-2H3,(H,35,41)(H,39,40)/t26-,27-,29?,32?/m1/s1. The number of benzene rings is 3. The van der Waals surface area contributed by atoms with Gasteiger partial charge in [-0.1, -0.05) is 74.5 Å². The zero-order valence-electron chi connectivity index (χ0n) is 23.3. The second-order valence-electron chi connectivity index (χ2n) is 10.8. The highest BCUT2D eigenvalue weighted by Gasteiger charge is 2.45. The van der Waals surface area contributed by atoms with Crippen molar-refractivity contribution in [3.63, 3.8) is 0 Å². The number of nitrogens with zero attached hydrogens (tertiary/aromatic N) is 1. The molecule has 0 fully saturated rings. The van der Waals surface area contributed by atoms with Crippen molar-refractivity contribution < 1.29 is 29.3 Å². The van der Waals surface area contributed by atoms with Crippen LogP contribution in [0.3, 0.4) is 0 Å². The average molecular weight is 561 g/mol. The van der Waals surface area contributed by atoms with E-state index < -0.39 is 30.5 Å². The number of aliphatic carboxylic acids is 1. The van der Waals surface area contributed by atoms with Gasteiger partial charge in [-0.2, -0.15) is 0 Å². The number of amides is 1. The molecule has 7 nitrogen and oxygen atoms in total. The first-order chi connectivity index (χ1) is 19.7. The molecule has 0 aromatic heterocycles. The highest BCUT2D eigenvalue weighted by molar-refractivity contribution is 6.06. The van der Waals surface area contributed by atoms with Gasteiger partial charge >= 0.3 is 5.97 Å². The average Bonchev–Trinajstić information content (AvgIpc) is 3.28. The van der Waals surface area contributed by atoms with Crippen LogP contribution in [0.2, 0.25) is 0 Å². The van der Waals surface area contributed by atoms with Crippen molar-refractivity contribution in [2.45, 2.75) is 57.3 Å². The molecule has 0 aliphatic carbocycles. The zero-order valence-corrected chi connectivity index (χ0v) is 23.3. The lowest BCUT2D eigenvalue weighted by atomic mass is 9.82. The van der Waals surface area contributed by atoms with Crippen molar-refractivity contribution in [3.05, 3.63) is 113 Å². The minimum Gasteiger partial charge on any atom is -0.481 e. The molecular formula is C33H37FN2O5. The molecule has 0 saturated carbocycles. The fraction of sp³-hybridized carbons (Fsp3) is 0.333. The molecule has 0 saturated heterocycles. The molecule has 8 heteroatoms. The number of rotatable bonds is 12. The summed E-state index contributed by atoms with van der Waals surface area (Å²) in [6.45, 7) is 4.36. The Labute approximate surface area is 240 Å². The molecule has 216 valence electrons. The van der Waals surface area contributed by atoms with Crippen molar-refractivity contribution in [1.29, 1.82) is 0 Å². The zero-order chi connectivity index (χ0) is 29.5. The molecule has 4 atom stereocenters. The van der Waals surface area contributed by atoms with E-state index in [0.29, 0.717) is 17.8 Å². The summed E-state index contributed by atoms with van der Waals surface area (Å²) in [5.74, 6) is -2.20.